The Balaban J connectivity index is 2.22. The van der Waals surface area contributed by atoms with Gasteiger partial charge in [-0.25, -0.2) is 0 Å². The van der Waals surface area contributed by atoms with E-state index < -0.39 is 0 Å². The number of para-hydroxylation sites is 1. The molecular formula is C15H20BrNO3. The second-order valence-corrected chi connectivity index (χ2v) is 6.32. The van der Waals surface area contributed by atoms with Crippen LogP contribution in [0, 0.1) is 0 Å². The monoisotopic (exact) mass is 341 g/mol. The molecule has 110 valence electrons. The number of rotatable bonds is 3. The summed E-state index contributed by atoms with van der Waals surface area (Å²) in [6, 6.07) is 5.15. The van der Waals surface area contributed by atoms with E-state index in [0.29, 0.717) is 10.6 Å². The van der Waals surface area contributed by atoms with Crippen LogP contribution in [0.1, 0.15) is 36.0 Å². The first-order chi connectivity index (χ1) is 9.56. The lowest BCUT2D eigenvalue weighted by atomic mass is 9.94. The van der Waals surface area contributed by atoms with Gasteiger partial charge in [0.05, 0.1) is 12.7 Å². The third-order valence-electron chi connectivity index (χ3n) is 3.91. The molecule has 1 fully saturated rings. The number of hydrogen-bond acceptors (Lipinski definition) is 3. The van der Waals surface area contributed by atoms with Crippen LogP contribution in [0.5, 0.6) is 11.5 Å². The number of phenolic OH excluding ortho intramolecular Hbond substituents is 1. The summed E-state index contributed by atoms with van der Waals surface area (Å²) in [6.07, 6.45) is 4.39. The Labute approximate surface area is 127 Å². The predicted molar refractivity (Wildman–Crippen MR) is 81.7 cm³/mol. The highest BCUT2D eigenvalue weighted by Gasteiger charge is 2.30. The summed E-state index contributed by atoms with van der Waals surface area (Å²) < 4.78 is 5.05. The van der Waals surface area contributed by atoms with Gasteiger partial charge in [-0.3, -0.25) is 4.79 Å². The van der Waals surface area contributed by atoms with E-state index >= 15 is 0 Å². The number of carbonyl (C=O) groups excluding carboxylic acids is 1. The highest BCUT2D eigenvalue weighted by atomic mass is 79.9. The molecule has 0 saturated heterocycles. The van der Waals surface area contributed by atoms with Crippen LogP contribution in [0.3, 0.4) is 0 Å². The Kier molecular flexibility index (Phi) is 4.91. The quantitative estimate of drug-likeness (QED) is 0.859. The van der Waals surface area contributed by atoms with Crippen LogP contribution in [-0.2, 0) is 0 Å². The zero-order valence-corrected chi connectivity index (χ0v) is 13.4. The van der Waals surface area contributed by atoms with Crippen LogP contribution in [0.25, 0.3) is 0 Å². The number of alkyl halides is 1. The molecule has 0 heterocycles. The lowest BCUT2D eigenvalue weighted by Crippen LogP contribution is -2.44. The number of amides is 1. The SMILES string of the molecule is COc1cccc(C(=O)N(C)C2CCCCC2Br)c1O. The number of aromatic hydroxyl groups is 1. The van der Waals surface area contributed by atoms with Crippen LogP contribution in [-0.4, -0.2) is 40.9 Å². The van der Waals surface area contributed by atoms with Gasteiger partial charge in [0.25, 0.3) is 5.91 Å². The van der Waals surface area contributed by atoms with Crippen molar-refractivity contribution in [3.63, 3.8) is 0 Å². The first kappa shape index (κ1) is 15.2. The lowest BCUT2D eigenvalue weighted by Gasteiger charge is -2.35. The van der Waals surface area contributed by atoms with Gasteiger partial charge in [-0.1, -0.05) is 34.8 Å². The molecule has 4 nitrogen and oxygen atoms in total. The predicted octanol–water partition coefficient (Wildman–Crippen LogP) is 3.18. The molecule has 1 saturated carbocycles. The minimum absolute atomic E-state index is 0.0891. The smallest absolute Gasteiger partial charge is 0.257 e. The second kappa shape index (κ2) is 6.48. The summed E-state index contributed by atoms with van der Waals surface area (Å²) in [6.45, 7) is 0. The van der Waals surface area contributed by atoms with Crippen molar-refractivity contribution in [2.45, 2.75) is 36.6 Å². The van der Waals surface area contributed by atoms with E-state index in [1.165, 1.54) is 13.5 Å². The van der Waals surface area contributed by atoms with Crippen LogP contribution in [0.2, 0.25) is 0 Å². The van der Waals surface area contributed by atoms with Gasteiger partial charge in [-0.05, 0) is 25.0 Å². The number of phenols is 1. The fourth-order valence-electron chi connectivity index (χ4n) is 2.70. The van der Waals surface area contributed by atoms with Crippen molar-refractivity contribution in [2.24, 2.45) is 0 Å². The molecule has 1 N–H and O–H groups in total. The van der Waals surface area contributed by atoms with Crippen LogP contribution in [0.15, 0.2) is 18.2 Å². The van der Waals surface area contributed by atoms with E-state index in [4.69, 9.17) is 4.74 Å². The summed E-state index contributed by atoms with van der Waals surface area (Å²) in [5.41, 5.74) is 0.289. The van der Waals surface area contributed by atoms with E-state index in [9.17, 15) is 9.90 Å². The second-order valence-electron chi connectivity index (χ2n) is 5.14. The van der Waals surface area contributed by atoms with Crippen LogP contribution in [0.4, 0.5) is 0 Å². The Morgan fingerprint density at radius 3 is 2.75 bits per heavy atom. The summed E-state index contributed by atoms with van der Waals surface area (Å²) >= 11 is 3.66. The molecule has 0 bridgehead atoms. The average Bonchev–Trinajstić information content (AvgIpc) is 2.46. The maximum atomic E-state index is 12.6. The number of methoxy groups -OCH3 is 1. The number of halogens is 1. The van der Waals surface area contributed by atoms with Gasteiger partial charge >= 0.3 is 0 Å². The van der Waals surface area contributed by atoms with Crippen molar-refractivity contribution in [1.82, 2.24) is 4.90 Å². The van der Waals surface area contributed by atoms with E-state index in [2.05, 4.69) is 15.9 Å². The Morgan fingerprint density at radius 2 is 2.10 bits per heavy atom. The van der Waals surface area contributed by atoms with Crippen molar-refractivity contribution in [1.29, 1.82) is 0 Å². The van der Waals surface area contributed by atoms with E-state index in [1.54, 1.807) is 30.1 Å². The zero-order valence-electron chi connectivity index (χ0n) is 11.8. The van der Waals surface area contributed by atoms with E-state index in [0.717, 1.165) is 19.3 Å². The first-order valence-corrected chi connectivity index (χ1v) is 7.75. The van der Waals surface area contributed by atoms with Crippen molar-refractivity contribution in [3.8, 4) is 11.5 Å². The van der Waals surface area contributed by atoms with Gasteiger partial charge in [-0.2, -0.15) is 0 Å². The zero-order chi connectivity index (χ0) is 14.7. The largest absolute Gasteiger partial charge is 0.504 e. The Hall–Kier alpha value is -1.23. The highest BCUT2D eigenvalue weighted by molar-refractivity contribution is 9.09. The third-order valence-corrected chi connectivity index (χ3v) is 4.98. The fraction of sp³-hybridized carbons (Fsp3) is 0.533. The van der Waals surface area contributed by atoms with Crippen LogP contribution >= 0.6 is 15.9 Å². The molecule has 0 spiro atoms. The molecule has 0 radical (unpaired) electrons. The van der Waals surface area contributed by atoms with Crippen molar-refractivity contribution < 1.29 is 14.6 Å². The molecule has 2 atom stereocenters. The number of ether oxygens (including phenoxy) is 1. The molecule has 1 aliphatic carbocycles. The lowest BCUT2D eigenvalue weighted by molar-refractivity contribution is 0.0701. The Bertz CT molecular complexity index is 492. The maximum Gasteiger partial charge on any atom is 0.257 e. The van der Waals surface area contributed by atoms with E-state index in [-0.39, 0.29) is 23.3 Å². The molecule has 1 aliphatic rings. The van der Waals surface area contributed by atoms with Gasteiger partial charge < -0.3 is 14.7 Å². The molecular weight excluding hydrogens is 322 g/mol. The summed E-state index contributed by atoms with van der Waals surface area (Å²) in [5, 5.41) is 10.1. The number of carbonyl (C=O) groups is 1. The molecule has 1 aromatic rings. The number of nitrogens with zero attached hydrogens (tertiary/aromatic N) is 1. The fourth-order valence-corrected chi connectivity index (χ4v) is 3.65. The standard InChI is InChI=1S/C15H20BrNO3/c1-17(12-8-4-3-7-11(12)16)15(19)10-6-5-9-13(20-2)14(10)18/h5-6,9,11-12,18H,3-4,7-8H2,1-2H3. The number of benzene rings is 1. The van der Waals surface area contributed by atoms with Crippen molar-refractivity contribution >= 4 is 21.8 Å². The van der Waals surface area contributed by atoms with Crippen molar-refractivity contribution in [2.75, 3.05) is 14.2 Å². The van der Waals surface area contributed by atoms with Gasteiger partial charge in [0.2, 0.25) is 0 Å². The van der Waals surface area contributed by atoms with Crippen LogP contribution < -0.4 is 4.74 Å². The minimum Gasteiger partial charge on any atom is -0.504 e. The molecule has 0 aromatic heterocycles. The van der Waals surface area contributed by atoms with Gasteiger partial charge in [0, 0.05) is 17.9 Å². The molecule has 5 heteroatoms. The van der Waals surface area contributed by atoms with Gasteiger partial charge in [-0.15, -0.1) is 0 Å². The highest BCUT2D eigenvalue weighted by Crippen LogP contribution is 2.33. The average molecular weight is 342 g/mol. The summed E-state index contributed by atoms with van der Waals surface area (Å²) in [4.78, 5) is 14.6. The normalized spacial score (nSPS) is 22.4. The van der Waals surface area contributed by atoms with Gasteiger partial charge in [0.1, 0.15) is 0 Å². The maximum absolute atomic E-state index is 12.6. The first-order valence-electron chi connectivity index (χ1n) is 6.83. The number of hydrogen-bond donors (Lipinski definition) is 1. The molecule has 2 unspecified atom stereocenters. The topological polar surface area (TPSA) is 49.8 Å². The summed E-state index contributed by atoms with van der Waals surface area (Å²) in [7, 11) is 3.27. The molecule has 1 aromatic carbocycles. The minimum atomic E-state index is -0.169. The summed E-state index contributed by atoms with van der Waals surface area (Å²) in [5.74, 6) is 0.0646. The molecule has 2 rings (SSSR count). The van der Waals surface area contributed by atoms with Gasteiger partial charge in [0.15, 0.2) is 11.5 Å². The van der Waals surface area contributed by atoms with Crippen molar-refractivity contribution in [3.05, 3.63) is 23.8 Å². The molecule has 0 aliphatic heterocycles. The molecule has 1 amide bonds. The molecule has 20 heavy (non-hydrogen) atoms. The Morgan fingerprint density at radius 1 is 1.40 bits per heavy atom. The van der Waals surface area contributed by atoms with E-state index in [1.807, 2.05) is 0 Å². The third kappa shape index (κ3) is 2.92.